The van der Waals surface area contributed by atoms with E-state index in [0.29, 0.717) is 28.2 Å². The van der Waals surface area contributed by atoms with E-state index in [-0.39, 0.29) is 22.3 Å². The number of aromatic nitrogens is 2. The number of benzene rings is 2. The summed E-state index contributed by atoms with van der Waals surface area (Å²) in [6, 6.07) is 19.3. The number of pyridine rings is 1. The van der Waals surface area contributed by atoms with Gasteiger partial charge in [0.25, 0.3) is 0 Å². The number of hydrogen-bond donors (Lipinski definition) is 1. The summed E-state index contributed by atoms with van der Waals surface area (Å²) < 4.78 is 1.58. The van der Waals surface area contributed by atoms with Crippen molar-refractivity contribution in [1.82, 2.24) is 9.71 Å². The zero-order valence-corrected chi connectivity index (χ0v) is 16.3. The Morgan fingerprint density at radius 3 is 2.37 bits per heavy atom. The number of fused-ring (bicyclic) bond motifs is 2. The highest BCUT2D eigenvalue weighted by atomic mass is 35.5. The Morgan fingerprint density at radius 1 is 0.867 bits per heavy atom. The van der Waals surface area contributed by atoms with Gasteiger partial charge < -0.3 is 10.2 Å². The zero-order valence-electron chi connectivity index (χ0n) is 15.5. The van der Waals surface area contributed by atoms with Crippen molar-refractivity contribution < 1.29 is 14.4 Å². The molecule has 0 spiro atoms. The molecule has 2 aromatic heterocycles. The molecule has 0 saturated heterocycles. The number of halogens is 1. The number of allylic oxidation sites excluding steroid dienone is 2. The summed E-state index contributed by atoms with van der Waals surface area (Å²) in [5, 5.41) is 3.82. The maximum Gasteiger partial charge on any atom is 0.211 e. The van der Waals surface area contributed by atoms with Crippen LogP contribution in [0.25, 0.3) is 11.0 Å². The molecule has 30 heavy (non-hydrogen) atoms. The Hall–Kier alpha value is -3.90. The van der Waals surface area contributed by atoms with Crippen LogP contribution in [0.1, 0.15) is 20.7 Å². The molecule has 0 saturated carbocycles. The van der Waals surface area contributed by atoms with Crippen LogP contribution in [-0.4, -0.2) is 21.3 Å². The highest BCUT2D eigenvalue weighted by Gasteiger charge is 2.31. The fourth-order valence-electron chi connectivity index (χ4n) is 3.33. The molecule has 0 atom stereocenters. The molecule has 0 bridgehead atoms. The first kappa shape index (κ1) is 18.1. The van der Waals surface area contributed by atoms with Gasteiger partial charge in [-0.2, -0.15) is 4.73 Å². The van der Waals surface area contributed by atoms with Crippen molar-refractivity contribution in [3.8, 4) is 5.75 Å². The van der Waals surface area contributed by atoms with Crippen molar-refractivity contribution in [1.29, 1.82) is 0 Å². The minimum absolute atomic E-state index is 0.0645. The summed E-state index contributed by atoms with van der Waals surface area (Å²) in [7, 11) is 0. The van der Waals surface area contributed by atoms with Gasteiger partial charge in [0.05, 0.1) is 0 Å². The van der Waals surface area contributed by atoms with Gasteiger partial charge in [0.1, 0.15) is 10.7 Å². The first-order chi connectivity index (χ1) is 14.6. The Labute approximate surface area is 176 Å². The number of Topliss-reactive ketones (excluding diaryl/α,β-unsaturated/α-hetero) is 2. The molecule has 0 amide bonds. The molecule has 5 rings (SSSR count). The molecule has 0 unspecified atom stereocenters. The Bertz CT molecular complexity index is 1340. The quantitative estimate of drug-likeness (QED) is 0.517. The minimum Gasteiger partial charge on any atom is -0.374 e. The summed E-state index contributed by atoms with van der Waals surface area (Å²) in [6.07, 6.45) is 3.49. The van der Waals surface area contributed by atoms with Crippen LogP contribution in [0, 0.1) is 0 Å². The molecule has 2 heterocycles. The molecule has 0 fully saturated rings. The van der Waals surface area contributed by atoms with E-state index >= 15 is 0 Å². The van der Waals surface area contributed by atoms with E-state index in [1.165, 1.54) is 0 Å². The van der Waals surface area contributed by atoms with E-state index in [4.69, 9.17) is 16.4 Å². The number of anilines is 1. The molecule has 1 aliphatic rings. The summed E-state index contributed by atoms with van der Waals surface area (Å²) in [6.45, 7) is 0. The van der Waals surface area contributed by atoms with Crippen LogP contribution >= 0.6 is 11.6 Å². The van der Waals surface area contributed by atoms with Crippen molar-refractivity contribution in [3.05, 3.63) is 101 Å². The monoisotopic (exact) mass is 415 g/mol. The summed E-state index contributed by atoms with van der Waals surface area (Å²) in [4.78, 5) is 35.4. The number of nitrogens with one attached hydrogen (secondary N) is 1. The average molecular weight is 416 g/mol. The summed E-state index contributed by atoms with van der Waals surface area (Å²) >= 11 is 6.20. The van der Waals surface area contributed by atoms with Gasteiger partial charge in [-0.05, 0) is 42.5 Å². The largest absolute Gasteiger partial charge is 0.374 e. The maximum absolute atomic E-state index is 12.8. The highest BCUT2D eigenvalue weighted by molar-refractivity contribution is 6.50. The Kier molecular flexibility index (Phi) is 4.34. The highest BCUT2D eigenvalue weighted by Crippen LogP contribution is 2.30. The lowest BCUT2D eigenvalue weighted by Gasteiger charge is -2.19. The van der Waals surface area contributed by atoms with Gasteiger partial charge in [0, 0.05) is 34.6 Å². The molecule has 2 aromatic carbocycles. The van der Waals surface area contributed by atoms with Gasteiger partial charge in [-0.15, -0.1) is 0 Å². The zero-order chi connectivity index (χ0) is 20.7. The third-order valence-electron chi connectivity index (χ3n) is 4.80. The lowest BCUT2D eigenvalue weighted by Crippen LogP contribution is -2.24. The molecule has 0 radical (unpaired) electrons. The fraction of sp³-hybridized carbons (Fsp3) is 0. The number of nitrogens with zero attached hydrogens (tertiary/aromatic N) is 2. The van der Waals surface area contributed by atoms with Crippen molar-refractivity contribution in [2.24, 2.45) is 0 Å². The first-order valence-electron chi connectivity index (χ1n) is 9.17. The molecule has 4 aromatic rings. The predicted octanol–water partition coefficient (Wildman–Crippen LogP) is 4.82. The molecule has 146 valence electrons. The van der Waals surface area contributed by atoms with Crippen LogP contribution in [0.4, 0.5) is 5.69 Å². The third kappa shape index (κ3) is 3.03. The fourth-order valence-corrected chi connectivity index (χ4v) is 3.56. The lowest BCUT2D eigenvalue weighted by molar-refractivity contribution is 0.0982. The van der Waals surface area contributed by atoms with E-state index in [1.807, 2.05) is 18.2 Å². The SMILES string of the molecule is O=C1C(Cl)=C(Nc2ccc(On3ccc4cccnc43)cc2)C(=O)c2ccccc21. The van der Waals surface area contributed by atoms with Crippen molar-refractivity contribution in [2.45, 2.75) is 0 Å². The molecule has 6 nitrogen and oxygen atoms in total. The lowest BCUT2D eigenvalue weighted by atomic mass is 9.92. The van der Waals surface area contributed by atoms with Crippen LogP contribution in [-0.2, 0) is 0 Å². The van der Waals surface area contributed by atoms with E-state index in [9.17, 15) is 9.59 Å². The number of hydrogen-bond acceptors (Lipinski definition) is 5. The number of carbonyl (C=O) groups excluding carboxylic acids is 2. The Balaban J connectivity index is 1.38. The standard InChI is InChI=1S/C23H14ClN3O3/c24-19-20(22(29)18-6-2-1-5-17(18)21(19)28)26-15-7-9-16(10-8-15)30-27-13-11-14-4-3-12-25-23(14)27/h1-13,26H. The summed E-state index contributed by atoms with van der Waals surface area (Å²) in [5.74, 6) is -0.109. The van der Waals surface area contributed by atoms with E-state index in [2.05, 4.69) is 10.3 Å². The van der Waals surface area contributed by atoms with Gasteiger partial charge in [-0.3, -0.25) is 9.59 Å². The molecular formula is C23H14ClN3O3. The topological polar surface area (TPSA) is 73.2 Å². The molecule has 7 heteroatoms. The van der Waals surface area contributed by atoms with Gasteiger partial charge in [-0.1, -0.05) is 35.9 Å². The van der Waals surface area contributed by atoms with Gasteiger partial charge in [-0.25, -0.2) is 4.98 Å². The first-order valence-corrected chi connectivity index (χ1v) is 9.55. The van der Waals surface area contributed by atoms with Crippen LogP contribution in [0.15, 0.2) is 89.9 Å². The van der Waals surface area contributed by atoms with Crippen LogP contribution < -0.4 is 10.2 Å². The normalized spacial score (nSPS) is 13.5. The summed E-state index contributed by atoms with van der Waals surface area (Å²) in [5.41, 5.74) is 2.03. The Morgan fingerprint density at radius 2 is 1.60 bits per heavy atom. The van der Waals surface area contributed by atoms with E-state index < -0.39 is 0 Å². The van der Waals surface area contributed by atoms with Crippen LogP contribution in [0.2, 0.25) is 0 Å². The number of carbonyl (C=O) groups is 2. The van der Waals surface area contributed by atoms with Crippen molar-refractivity contribution in [3.63, 3.8) is 0 Å². The smallest absolute Gasteiger partial charge is 0.211 e. The third-order valence-corrected chi connectivity index (χ3v) is 5.17. The second kappa shape index (κ2) is 7.17. The molecular weight excluding hydrogens is 402 g/mol. The van der Waals surface area contributed by atoms with Gasteiger partial charge in [0.2, 0.25) is 11.6 Å². The molecule has 1 N–H and O–H groups in total. The van der Waals surface area contributed by atoms with E-state index in [0.717, 1.165) is 5.39 Å². The van der Waals surface area contributed by atoms with Crippen molar-refractivity contribution in [2.75, 3.05) is 5.32 Å². The second-order valence-electron chi connectivity index (χ2n) is 6.69. The number of ketones is 2. The van der Waals surface area contributed by atoms with E-state index in [1.54, 1.807) is 65.7 Å². The van der Waals surface area contributed by atoms with Gasteiger partial charge >= 0.3 is 0 Å². The molecule has 1 aliphatic carbocycles. The molecule has 0 aliphatic heterocycles. The predicted molar refractivity (Wildman–Crippen MR) is 114 cm³/mol. The maximum atomic E-state index is 12.8. The van der Waals surface area contributed by atoms with Crippen LogP contribution in [0.5, 0.6) is 5.75 Å². The van der Waals surface area contributed by atoms with Crippen molar-refractivity contribution >= 4 is 39.9 Å². The second-order valence-corrected chi connectivity index (χ2v) is 7.07. The van der Waals surface area contributed by atoms with Crippen LogP contribution in [0.3, 0.4) is 0 Å². The average Bonchev–Trinajstić information content (AvgIpc) is 3.19. The minimum atomic E-state index is -0.374. The van der Waals surface area contributed by atoms with Gasteiger partial charge in [0.15, 0.2) is 11.4 Å². The number of rotatable bonds is 4.